The van der Waals surface area contributed by atoms with Crippen LogP contribution >= 0.6 is 15.9 Å². The third-order valence-corrected chi connectivity index (χ3v) is 5.20. The molecule has 3 rings (SSSR count). The summed E-state index contributed by atoms with van der Waals surface area (Å²) in [5.74, 6) is 0.562. The summed E-state index contributed by atoms with van der Waals surface area (Å²) in [4.78, 5) is 36.0. The van der Waals surface area contributed by atoms with Crippen molar-refractivity contribution >= 4 is 27.9 Å². The van der Waals surface area contributed by atoms with Crippen molar-refractivity contribution in [3.8, 4) is 0 Å². The molecule has 2 saturated heterocycles. The minimum Gasteiger partial charge on any atom is -0.444 e. The van der Waals surface area contributed by atoms with E-state index in [-0.39, 0.29) is 11.9 Å². The van der Waals surface area contributed by atoms with Crippen LogP contribution in [0.15, 0.2) is 16.9 Å². The summed E-state index contributed by atoms with van der Waals surface area (Å²) >= 11 is 3.35. The summed E-state index contributed by atoms with van der Waals surface area (Å²) in [5.41, 5.74) is -1.58. The minimum absolute atomic E-state index is 0.0995. The van der Waals surface area contributed by atoms with E-state index in [9.17, 15) is 9.59 Å². The molecule has 8 nitrogen and oxygen atoms in total. The lowest BCUT2D eigenvalue weighted by molar-refractivity contribution is -0.137. The molecule has 0 saturated carbocycles. The lowest BCUT2D eigenvalue weighted by Gasteiger charge is -2.42. The number of amides is 2. The number of nitrogens with zero attached hydrogens (tertiary/aromatic N) is 3. The highest BCUT2D eigenvalue weighted by Crippen LogP contribution is 2.32. The lowest BCUT2D eigenvalue weighted by Crippen LogP contribution is -2.62. The normalized spacial score (nSPS) is 26.1. The van der Waals surface area contributed by atoms with E-state index in [1.165, 1.54) is 0 Å². The molecule has 0 aromatic carbocycles. The molecule has 2 aliphatic rings. The largest absolute Gasteiger partial charge is 0.444 e. The van der Waals surface area contributed by atoms with Crippen LogP contribution < -0.4 is 10.6 Å². The van der Waals surface area contributed by atoms with Crippen molar-refractivity contribution in [2.24, 2.45) is 0 Å². The number of hydrogen-bond acceptors (Lipinski definition) is 6. The highest BCUT2D eigenvalue weighted by atomic mass is 79.9. The zero-order valence-corrected chi connectivity index (χ0v) is 17.5. The van der Waals surface area contributed by atoms with E-state index >= 15 is 0 Å². The summed E-state index contributed by atoms with van der Waals surface area (Å²) in [6.07, 6.45) is 5.12. The Morgan fingerprint density at radius 2 is 2.07 bits per heavy atom. The number of piperidine rings is 1. The molecule has 2 fully saturated rings. The van der Waals surface area contributed by atoms with Crippen LogP contribution in [0.4, 0.5) is 4.79 Å². The van der Waals surface area contributed by atoms with Gasteiger partial charge in [0, 0.05) is 38.4 Å². The summed E-state index contributed by atoms with van der Waals surface area (Å²) in [6, 6.07) is -0.279. The summed E-state index contributed by atoms with van der Waals surface area (Å²) in [6.45, 7) is 7.08. The van der Waals surface area contributed by atoms with Gasteiger partial charge in [-0.25, -0.2) is 14.8 Å². The molecule has 0 aliphatic carbocycles. The molecule has 27 heavy (non-hydrogen) atoms. The second kappa shape index (κ2) is 7.71. The van der Waals surface area contributed by atoms with Gasteiger partial charge in [-0.05, 0) is 49.5 Å². The number of ether oxygens (including phenoxy) is 1. The second-order valence-electron chi connectivity index (χ2n) is 8.01. The molecular weight excluding hydrogens is 414 g/mol. The Bertz CT molecular complexity index is 706. The number of alkyl carbamates (subject to hydrolysis) is 1. The van der Waals surface area contributed by atoms with Gasteiger partial charge in [0.05, 0.1) is 10.5 Å². The zero-order chi connectivity index (χ0) is 19.7. The first-order valence-corrected chi connectivity index (χ1v) is 10.00. The van der Waals surface area contributed by atoms with Gasteiger partial charge < -0.3 is 20.3 Å². The first-order valence-electron chi connectivity index (χ1n) is 9.21. The first kappa shape index (κ1) is 20.0. The maximum atomic E-state index is 12.6. The molecule has 0 spiro atoms. The van der Waals surface area contributed by atoms with E-state index in [1.807, 2.05) is 25.7 Å². The predicted octanol–water partition coefficient (Wildman–Crippen LogP) is 1.94. The van der Waals surface area contributed by atoms with Crippen LogP contribution in [0.1, 0.15) is 45.9 Å². The van der Waals surface area contributed by atoms with Gasteiger partial charge >= 0.3 is 6.09 Å². The molecule has 148 valence electrons. The number of aromatic nitrogens is 2. The van der Waals surface area contributed by atoms with Crippen LogP contribution in [0.25, 0.3) is 0 Å². The van der Waals surface area contributed by atoms with Crippen molar-refractivity contribution in [2.45, 2.75) is 57.2 Å². The lowest BCUT2D eigenvalue weighted by atomic mass is 9.89. The third-order valence-electron chi connectivity index (χ3n) is 4.79. The van der Waals surface area contributed by atoms with E-state index in [0.29, 0.717) is 31.9 Å². The van der Waals surface area contributed by atoms with Crippen molar-refractivity contribution in [3.05, 3.63) is 22.7 Å². The van der Waals surface area contributed by atoms with E-state index in [2.05, 4.69) is 36.5 Å². The van der Waals surface area contributed by atoms with Crippen LogP contribution in [0.5, 0.6) is 0 Å². The smallest absolute Gasteiger partial charge is 0.408 e. The Kier molecular flexibility index (Phi) is 5.71. The number of likely N-dealkylation sites (tertiary alicyclic amines) is 1. The van der Waals surface area contributed by atoms with Gasteiger partial charge in [0.15, 0.2) is 5.82 Å². The van der Waals surface area contributed by atoms with Crippen LogP contribution in [0.3, 0.4) is 0 Å². The predicted molar refractivity (Wildman–Crippen MR) is 103 cm³/mol. The van der Waals surface area contributed by atoms with Crippen LogP contribution in [-0.4, -0.2) is 58.1 Å². The molecule has 3 heterocycles. The Morgan fingerprint density at radius 3 is 2.70 bits per heavy atom. The summed E-state index contributed by atoms with van der Waals surface area (Å²) in [5, 5.41) is 6.30. The van der Waals surface area contributed by atoms with Crippen LogP contribution in [0.2, 0.25) is 0 Å². The summed E-state index contributed by atoms with van der Waals surface area (Å²) in [7, 11) is 0. The number of carbonyl (C=O) groups is 2. The highest BCUT2D eigenvalue weighted by molar-refractivity contribution is 9.10. The number of halogens is 1. The average Bonchev–Trinajstić information content (AvgIpc) is 2.98. The molecule has 9 heteroatoms. The molecule has 1 aromatic rings. The Hall–Kier alpha value is -1.74. The van der Waals surface area contributed by atoms with E-state index < -0.39 is 17.2 Å². The Balaban J connectivity index is 1.97. The van der Waals surface area contributed by atoms with Gasteiger partial charge in [0.2, 0.25) is 5.91 Å². The van der Waals surface area contributed by atoms with Crippen molar-refractivity contribution < 1.29 is 14.3 Å². The Labute approximate surface area is 167 Å². The molecule has 0 unspecified atom stereocenters. The van der Waals surface area contributed by atoms with Crippen molar-refractivity contribution in [3.63, 3.8) is 0 Å². The average molecular weight is 440 g/mol. The SMILES string of the molecule is CC(C)(C)OC(=O)N[C@@]1(c2ncc(Br)cn2)CNC[C@@H]1N1CCCCC1=O. The molecule has 1 aromatic heterocycles. The summed E-state index contributed by atoms with van der Waals surface area (Å²) < 4.78 is 6.23. The van der Waals surface area contributed by atoms with Gasteiger partial charge in [0.1, 0.15) is 11.1 Å². The highest BCUT2D eigenvalue weighted by Gasteiger charge is 2.52. The fraction of sp³-hybridized carbons (Fsp3) is 0.667. The Morgan fingerprint density at radius 1 is 1.37 bits per heavy atom. The molecule has 2 atom stereocenters. The van der Waals surface area contributed by atoms with Crippen molar-refractivity contribution in [2.75, 3.05) is 19.6 Å². The zero-order valence-electron chi connectivity index (χ0n) is 15.9. The van der Waals surface area contributed by atoms with Crippen LogP contribution in [0, 0.1) is 0 Å². The van der Waals surface area contributed by atoms with Crippen molar-refractivity contribution in [1.29, 1.82) is 0 Å². The molecule has 0 radical (unpaired) electrons. The van der Waals surface area contributed by atoms with Gasteiger partial charge in [0.25, 0.3) is 0 Å². The van der Waals surface area contributed by atoms with Gasteiger partial charge in [-0.15, -0.1) is 0 Å². The second-order valence-corrected chi connectivity index (χ2v) is 8.93. The van der Waals surface area contributed by atoms with E-state index in [4.69, 9.17) is 4.74 Å². The molecular formula is C18H26BrN5O3. The first-order chi connectivity index (χ1) is 12.7. The standard InChI is InChI=1S/C18H26BrN5O3/c1-17(2,3)27-16(26)23-18(15-21-8-12(19)9-22-15)11-20-10-13(18)24-7-5-4-6-14(24)25/h8-9,13,20H,4-7,10-11H2,1-3H3,(H,23,26)/t13-,18-/m0/s1. The van der Waals surface area contributed by atoms with Crippen molar-refractivity contribution in [1.82, 2.24) is 25.5 Å². The topological polar surface area (TPSA) is 96.4 Å². The maximum Gasteiger partial charge on any atom is 0.408 e. The van der Waals surface area contributed by atoms with E-state index in [1.54, 1.807) is 12.4 Å². The van der Waals surface area contributed by atoms with E-state index in [0.717, 1.165) is 17.3 Å². The molecule has 2 N–H and O–H groups in total. The fourth-order valence-corrected chi connectivity index (χ4v) is 3.88. The fourth-order valence-electron chi connectivity index (χ4n) is 3.67. The number of nitrogens with one attached hydrogen (secondary N) is 2. The van der Waals surface area contributed by atoms with Crippen LogP contribution in [-0.2, 0) is 15.1 Å². The maximum absolute atomic E-state index is 12.6. The number of rotatable bonds is 3. The molecule has 2 aliphatic heterocycles. The van der Waals surface area contributed by atoms with Gasteiger partial charge in [-0.3, -0.25) is 4.79 Å². The van der Waals surface area contributed by atoms with Gasteiger partial charge in [-0.2, -0.15) is 0 Å². The third kappa shape index (κ3) is 4.40. The number of carbonyl (C=O) groups excluding carboxylic acids is 2. The molecule has 0 bridgehead atoms. The van der Waals surface area contributed by atoms with Gasteiger partial charge in [-0.1, -0.05) is 0 Å². The molecule has 2 amide bonds. The quantitative estimate of drug-likeness (QED) is 0.746. The monoisotopic (exact) mass is 439 g/mol. The number of hydrogen-bond donors (Lipinski definition) is 2. The minimum atomic E-state index is -0.948.